The second-order valence-electron chi connectivity index (χ2n) is 4.52. The molecule has 1 fully saturated rings. The third kappa shape index (κ3) is 2.83. The van der Waals surface area contributed by atoms with Gasteiger partial charge in [-0.2, -0.15) is 0 Å². The van der Waals surface area contributed by atoms with Crippen LogP contribution in [0, 0.1) is 11.7 Å². The first-order valence-electron chi connectivity index (χ1n) is 5.88. The summed E-state index contributed by atoms with van der Waals surface area (Å²) in [4.78, 5) is 22.6. The van der Waals surface area contributed by atoms with Crippen LogP contribution in [0.4, 0.5) is 4.39 Å². The van der Waals surface area contributed by atoms with Crippen LogP contribution in [0.2, 0.25) is 0 Å². The van der Waals surface area contributed by atoms with Gasteiger partial charge in [0.05, 0.1) is 18.6 Å². The van der Waals surface area contributed by atoms with E-state index in [1.807, 2.05) is 0 Å². The van der Waals surface area contributed by atoms with Gasteiger partial charge in [-0.15, -0.1) is 0 Å². The summed E-state index contributed by atoms with van der Waals surface area (Å²) in [5, 5.41) is 11.4. The first-order chi connectivity index (χ1) is 9.01. The minimum absolute atomic E-state index is 0.112. The van der Waals surface area contributed by atoms with Crippen molar-refractivity contribution in [2.45, 2.75) is 18.9 Å². The third-order valence-electron chi connectivity index (χ3n) is 3.23. The summed E-state index contributed by atoms with van der Waals surface area (Å²) in [6, 6.07) is 3.51. The lowest BCUT2D eigenvalue weighted by atomic mass is 9.80. The predicted molar refractivity (Wildman–Crippen MR) is 64.6 cm³/mol. The van der Waals surface area contributed by atoms with Gasteiger partial charge < -0.3 is 15.2 Å². The summed E-state index contributed by atoms with van der Waals surface area (Å²) in [6.07, 6.45) is 0.803. The Morgan fingerprint density at radius 3 is 2.68 bits per heavy atom. The lowest BCUT2D eigenvalue weighted by molar-refractivity contribution is -0.145. The second kappa shape index (κ2) is 5.26. The quantitative estimate of drug-likeness (QED) is 0.865. The van der Waals surface area contributed by atoms with E-state index in [2.05, 4.69) is 5.32 Å². The van der Waals surface area contributed by atoms with Crippen LogP contribution >= 0.6 is 0 Å². The largest absolute Gasteiger partial charge is 0.496 e. The number of nitrogens with one attached hydrogen (secondary N) is 1. The average Bonchev–Trinajstić information content (AvgIpc) is 2.32. The van der Waals surface area contributed by atoms with Crippen molar-refractivity contribution in [3.8, 4) is 5.75 Å². The molecule has 0 spiro atoms. The van der Waals surface area contributed by atoms with Crippen molar-refractivity contribution in [2.24, 2.45) is 5.92 Å². The molecule has 0 atom stereocenters. The van der Waals surface area contributed by atoms with E-state index in [9.17, 15) is 14.0 Å². The lowest BCUT2D eigenvalue weighted by Crippen LogP contribution is -2.46. The fourth-order valence-corrected chi connectivity index (χ4v) is 2.06. The predicted octanol–water partition coefficient (Wildman–Crippen LogP) is 1.43. The number of halogens is 1. The van der Waals surface area contributed by atoms with Crippen LogP contribution in [-0.2, 0) is 4.79 Å². The van der Waals surface area contributed by atoms with E-state index in [0.29, 0.717) is 12.8 Å². The fourth-order valence-electron chi connectivity index (χ4n) is 2.06. The Bertz CT molecular complexity index is 511. The number of hydrogen-bond acceptors (Lipinski definition) is 3. The van der Waals surface area contributed by atoms with Crippen molar-refractivity contribution in [1.29, 1.82) is 0 Å². The molecule has 1 amide bonds. The molecule has 0 unspecified atom stereocenters. The molecule has 5 nitrogen and oxygen atoms in total. The molecule has 2 rings (SSSR count). The number of carboxylic acids is 1. The number of hydrogen-bond donors (Lipinski definition) is 2. The molecule has 2 N–H and O–H groups in total. The van der Waals surface area contributed by atoms with Crippen molar-refractivity contribution in [3.05, 3.63) is 29.6 Å². The number of carbonyl (C=O) groups is 2. The van der Waals surface area contributed by atoms with Crippen molar-refractivity contribution >= 4 is 11.9 Å². The third-order valence-corrected chi connectivity index (χ3v) is 3.23. The topological polar surface area (TPSA) is 75.6 Å². The van der Waals surface area contributed by atoms with E-state index in [1.54, 1.807) is 0 Å². The molecule has 1 aliphatic rings. The zero-order valence-electron chi connectivity index (χ0n) is 10.4. The van der Waals surface area contributed by atoms with E-state index in [1.165, 1.54) is 19.2 Å². The lowest BCUT2D eigenvalue weighted by Gasteiger charge is -2.32. The maximum atomic E-state index is 13.1. The van der Waals surface area contributed by atoms with Crippen LogP contribution in [0.3, 0.4) is 0 Å². The van der Waals surface area contributed by atoms with Crippen molar-refractivity contribution in [2.75, 3.05) is 7.11 Å². The number of methoxy groups -OCH3 is 1. The van der Waals surface area contributed by atoms with Gasteiger partial charge in [-0.3, -0.25) is 9.59 Å². The molecule has 0 aromatic heterocycles. The van der Waals surface area contributed by atoms with Gasteiger partial charge in [-0.05, 0) is 31.0 Å². The Balaban J connectivity index is 2.01. The maximum absolute atomic E-state index is 13.1. The van der Waals surface area contributed by atoms with Crippen LogP contribution in [0.1, 0.15) is 23.2 Å². The SMILES string of the molecule is COc1ccc(F)cc1C(=O)NC1CC(C(=O)O)C1. The summed E-state index contributed by atoms with van der Waals surface area (Å²) in [5.41, 5.74) is 0.112. The molecule has 19 heavy (non-hydrogen) atoms. The monoisotopic (exact) mass is 267 g/mol. The number of benzene rings is 1. The van der Waals surface area contributed by atoms with Crippen LogP contribution in [0.5, 0.6) is 5.75 Å². The van der Waals surface area contributed by atoms with Crippen LogP contribution in [-0.4, -0.2) is 30.1 Å². The first kappa shape index (κ1) is 13.3. The highest BCUT2D eigenvalue weighted by Gasteiger charge is 2.35. The first-order valence-corrected chi connectivity index (χ1v) is 5.88. The van der Waals surface area contributed by atoms with Gasteiger partial charge in [0.2, 0.25) is 0 Å². The summed E-state index contributed by atoms with van der Waals surface area (Å²) in [5.74, 6) is -1.95. The second-order valence-corrected chi connectivity index (χ2v) is 4.52. The number of rotatable bonds is 4. The summed E-state index contributed by atoms with van der Waals surface area (Å²) >= 11 is 0. The van der Waals surface area contributed by atoms with Gasteiger partial charge in [-0.1, -0.05) is 0 Å². The number of aliphatic carboxylic acids is 1. The molecule has 1 saturated carbocycles. The normalized spacial score (nSPS) is 21.4. The summed E-state index contributed by atoms with van der Waals surface area (Å²) < 4.78 is 18.1. The van der Waals surface area contributed by atoms with E-state index < -0.39 is 23.6 Å². The van der Waals surface area contributed by atoms with Crippen molar-refractivity contribution in [3.63, 3.8) is 0 Å². The van der Waals surface area contributed by atoms with Gasteiger partial charge in [-0.25, -0.2) is 4.39 Å². The fraction of sp³-hybridized carbons (Fsp3) is 0.385. The summed E-state index contributed by atoms with van der Waals surface area (Å²) in [7, 11) is 1.40. The number of carbonyl (C=O) groups excluding carboxylic acids is 1. The zero-order chi connectivity index (χ0) is 14.0. The molecule has 1 aromatic rings. The van der Waals surface area contributed by atoms with Gasteiger partial charge in [0, 0.05) is 6.04 Å². The van der Waals surface area contributed by atoms with Crippen molar-refractivity contribution < 1.29 is 23.8 Å². The molecular formula is C13H14FNO4. The standard InChI is InChI=1S/C13H14FNO4/c1-19-11-3-2-8(14)6-10(11)12(16)15-9-4-7(5-9)13(17)18/h2-3,6-7,9H,4-5H2,1H3,(H,15,16)(H,17,18). The highest BCUT2D eigenvalue weighted by molar-refractivity contribution is 5.97. The molecule has 0 bridgehead atoms. The van der Waals surface area contributed by atoms with Gasteiger partial charge in [0.15, 0.2) is 0 Å². The molecular weight excluding hydrogens is 253 g/mol. The van der Waals surface area contributed by atoms with E-state index in [-0.39, 0.29) is 17.4 Å². The molecule has 102 valence electrons. The molecule has 0 heterocycles. The van der Waals surface area contributed by atoms with E-state index in [0.717, 1.165) is 6.07 Å². The Kier molecular flexibility index (Phi) is 3.69. The van der Waals surface area contributed by atoms with Crippen LogP contribution in [0.25, 0.3) is 0 Å². The minimum atomic E-state index is -0.853. The molecule has 0 radical (unpaired) electrons. The number of ether oxygens (including phenoxy) is 1. The molecule has 1 aromatic carbocycles. The van der Waals surface area contributed by atoms with Crippen molar-refractivity contribution in [1.82, 2.24) is 5.32 Å². The highest BCUT2D eigenvalue weighted by atomic mass is 19.1. The molecule has 1 aliphatic carbocycles. The Morgan fingerprint density at radius 2 is 2.11 bits per heavy atom. The van der Waals surface area contributed by atoms with Gasteiger partial charge in [0.1, 0.15) is 11.6 Å². The number of amides is 1. The van der Waals surface area contributed by atoms with E-state index in [4.69, 9.17) is 9.84 Å². The smallest absolute Gasteiger partial charge is 0.306 e. The zero-order valence-corrected chi connectivity index (χ0v) is 10.4. The molecule has 0 saturated heterocycles. The molecule has 6 heteroatoms. The van der Waals surface area contributed by atoms with Crippen LogP contribution in [0.15, 0.2) is 18.2 Å². The summed E-state index contributed by atoms with van der Waals surface area (Å²) in [6.45, 7) is 0. The van der Waals surface area contributed by atoms with E-state index >= 15 is 0 Å². The van der Waals surface area contributed by atoms with Crippen LogP contribution < -0.4 is 10.1 Å². The average molecular weight is 267 g/mol. The Hall–Kier alpha value is -2.11. The highest BCUT2D eigenvalue weighted by Crippen LogP contribution is 2.28. The Morgan fingerprint density at radius 1 is 1.42 bits per heavy atom. The van der Waals surface area contributed by atoms with Gasteiger partial charge in [0.25, 0.3) is 5.91 Å². The number of carboxylic acid groups (broad SMARTS) is 1. The molecule has 0 aliphatic heterocycles. The Labute approximate surface area is 109 Å². The maximum Gasteiger partial charge on any atom is 0.306 e. The minimum Gasteiger partial charge on any atom is -0.496 e. The van der Waals surface area contributed by atoms with Gasteiger partial charge >= 0.3 is 5.97 Å².